The van der Waals surface area contributed by atoms with Crippen molar-refractivity contribution in [2.24, 2.45) is 11.7 Å². The number of alkyl halides is 2. The van der Waals surface area contributed by atoms with Crippen molar-refractivity contribution in [1.29, 1.82) is 0 Å². The SMILES string of the molecule is Cc1cc(CNCC(Cc2ccc(F)cc2)C(N)=O)c(OC(F)F)cc1C. The van der Waals surface area contributed by atoms with Gasteiger partial charge in [-0.1, -0.05) is 18.2 Å². The predicted octanol–water partition coefficient (Wildman–Crippen LogP) is 3.48. The summed E-state index contributed by atoms with van der Waals surface area (Å²) in [5.41, 5.74) is 8.61. The number of aryl methyl sites for hydroxylation is 2. The molecule has 2 aromatic rings. The van der Waals surface area contributed by atoms with Gasteiger partial charge in [0, 0.05) is 18.7 Å². The summed E-state index contributed by atoms with van der Waals surface area (Å²) < 4.78 is 42.8. The van der Waals surface area contributed by atoms with E-state index in [0.717, 1.165) is 16.7 Å². The quantitative estimate of drug-likeness (QED) is 0.700. The zero-order chi connectivity index (χ0) is 20.0. The summed E-state index contributed by atoms with van der Waals surface area (Å²) in [6.07, 6.45) is 0.357. The lowest BCUT2D eigenvalue weighted by atomic mass is 9.98. The molecule has 1 unspecified atom stereocenters. The number of nitrogens with two attached hydrogens (primary N) is 1. The van der Waals surface area contributed by atoms with Crippen molar-refractivity contribution in [3.63, 3.8) is 0 Å². The van der Waals surface area contributed by atoms with Crippen molar-refractivity contribution in [3.05, 3.63) is 64.5 Å². The van der Waals surface area contributed by atoms with E-state index in [2.05, 4.69) is 10.1 Å². The Balaban J connectivity index is 2.03. The molecule has 0 saturated heterocycles. The van der Waals surface area contributed by atoms with Crippen LogP contribution in [0.5, 0.6) is 5.75 Å². The lowest BCUT2D eigenvalue weighted by Gasteiger charge is -2.17. The van der Waals surface area contributed by atoms with Gasteiger partial charge in [0.15, 0.2) is 0 Å². The maximum absolute atomic E-state index is 13.0. The van der Waals surface area contributed by atoms with Crippen LogP contribution in [0.15, 0.2) is 36.4 Å². The fourth-order valence-corrected chi connectivity index (χ4v) is 2.75. The Kier molecular flexibility index (Phi) is 7.24. The van der Waals surface area contributed by atoms with E-state index in [9.17, 15) is 18.0 Å². The average molecular weight is 380 g/mol. The second-order valence-electron chi connectivity index (χ2n) is 6.48. The van der Waals surface area contributed by atoms with Gasteiger partial charge < -0.3 is 15.8 Å². The molecule has 0 aromatic heterocycles. The molecule has 2 rings (SSSR count). The van der Waals surface area contributed by atoms with Crippen molar-refractivity contribution in [2.45, 2.75) is 33.4 Å². The minimum absolute atomic E-state index is 0.106. The predicted molar refractivity (Wildman–Crippen MR) is 97.0 cm³/mol. The summed E-state index contributed by atoms with van der Waals surface area (Å²) in [5, 5.41) is 3.08. The van der Waals surface area contributed by atoms with Crippen LogP contribution in [-0.2, 0) is 17.8 Å². The van der Waals surface area contributed by atoms with Crippen molar-refractivity contribution in [3.8, 4) is 5.75 Å². The van der Waals surface area contributed by atoms with Crippen LogP contribution in [0.25, 0.3) is 0 Å². The first kappa shape index (κ1) is 20.8. The number of carbonyl (C=O) groups excluding carboxylic acids is 1. The molecule has 4 nitrogen and oxygen atoms in total. The van der Waals surface area contributed by atoms with Crippen molar-refractivity contribution in [1.82, 2.24) is 5.32 Å². The van der Waals surface area contributed by atoms with E-state index in [1.54, 1.807) is 24.3 Å². The standard InChI is InChI=1S/C20H23F3N2O2/c1-12-7-15(18(8-13(12)2)27-20(22)23)10-25-11-16(19(24)26)9-14-3-5-17(21)6-4-14/h3-8,16,20,25H,9-11H2,1-2H3,(H2,24,26). The first-order chi connectivity index (χ1) is 12.8. The fraction of sp³-hybridized carbons (Fsp3) is 0.350. The Morgan fingerprint density at radius 1 is 1.15 bits per heavy atom. The molecule has 2 aromatic carbocycles. The highest BCUT2D eigenvalue weighted by Gasteiger charge is 2.17. The van der Waals surface area contributed by atoms with Crippen molar-refractivity contribution >= 4 is 5.91 Å². The van der Waals surface area contributed by atoms with E-state index in [4.69, 9.17) is 5.73 Å². The molecule has 0 radical (unpaired) electrons. The summed E-state index contributed by atoms with van der Waals surface area (Å²) in [6, 6.07) is 9.20. The second-order valence-corrected chi connectivity index (χ2v) is 6.48. The number of benzene rings is 2. The summed E-state index contributed by atoms with van der Waals surface area (Å²) in [4.78, 5) is 11.7. The lowest BCUT2D eigenvalue weighted by Crippen LogP contribution is -2.34. The number of carbonyl (C=O) groups is 1. The topological polar surface area (TPSA) is 64.3 Å². The minimum Gasteiger partial charge on any atom is -0.434 e. The van der Waals surface area contributed by atoms with Gasteiger partial charge in [0.1, 0.15) is 11.6 Å². The second kappa shape index (κ2) is 9.41. The highest BCUT2D eigenvalue weighted by molar-refractivity contribution is 5.77. The number of amides is 1. The van der Waals surface area contributed by atoms with Crippen molar-refractivity contribution in [2.75, 3.05) is 6.54 Å². The van der Waals surface area contributed by atoms with E-state index >= 15 is 0 Å². The van der Waals surface area contributed by atoms with Gasteiger partial charge in [-0.25, -0.2) is 4.39 Å². The Bertz CT molecular complexity index is 780. The molecule has 1 amide bonds. The molecule has 7 heteroatoms. The Morgan fingerprint density at radius 3 is 2.37 bits per heavy atom. The summed E-state index contributed by atoms with van der Waals surface area (Å²) in [5.74, 6) is -1.25. The van der Waals surface area contributed by atoms with Gasteiger partial charge >= 0.3 is 6.61 Å². The fourth-order valence-electron chi connectivity index (χ4n) is 2.75. The van der Waals surface area contributed by atoms with Crippen LogP contribution >= 0.6 is 0 Å². The Morgan fingerprint density at radius 2 is 1.78 bits per heavy atom. The number of ether oxygens (including phenoxy) is 1. The van der Waals surface area contributed by atoms with E-state index in [0.29, 0.717) is 12.0 Å². The van der Waals surface area contributed by atoms with Gasteiger partial charge in [0.2, 0.25) is 5.91 Å². The van der Waals surface area contributed by atoms with Gasteiger partial charge in [0.05, 0.1) is 5.92 Å². The van der Waals surface area contributed by atoms with Crippen LogP contribution in [0.3, 0.4) is 0 Å². The van der Waals surface area contributed by atoms with Gasteiger partial charge in [-0.3, -0.25) is 4.79 Å². The molecular weight excluding hydrogens is 357 g/mol. The molecule has 1 atom stereocenters. The minimum atomic E-state index is -2.91. The molecule has 0 aliphatic heterocycles. The van der Waals surface area contributed by atoms with Gasteiger partial charge in [0.25, 0.3) is 0 Å². The average Bonchev–Trinajstić information content (AvgIpc) is 2.59. The largest absolute Gasteiger partial charge is 0.434 e. The number of primary amides is 1. The Hall–Kier alpha value is -2.54. The van der Waals surface area contributed by atoms with E-state index in [1.165, 1.54) is 12.1 Å². The molecule has 0 bridgehead atoms. The van der Waals surface area contributed by atoms with Crippen LogP contribution in [0, 0.1) is 25.6 Å². The molecule has 0 fully saturated rings. The van der Waals surface area contributed by atoms with Gasteiger partial charge in [-0.2, -0.15) is 8.78 Å². The molecule has 0 heterocycles. The maximum Gasteiger partial charge on any atom is 0.387 e. The van der Waals surface area contributed by atoms with E-state index in [-0.39, 0.29) is 24.7 Å². The number of rotatable bonds is 9. The third kappa shape index (κ3) is 6.29. The monoisotopic (exact) mass is 380 g/mol. The third-order valence-electron chi connectivity index (χ3n) is 4.40. The zero-order valence-corrected chi connectivity index (χ0v) is 15.3. The van der Waals surface area contributed by atoms with Gasteiger partial charge in [-0.05, 0) is 55.2 Å². The molecule has 146 valence electrons. The van der Waals surface area contributed by atoms with Crippen molar-refractivity contribution < 1.29 is 22.7 Å². The number of hydrogen-bond donors (Lipinski definition) is 2. The summed E-state index contributed by atoms with van der Waals surface area (Å²) >= 11 is 0. The highest BCUT2D eigenvalue weighted by Crippen LogP contribution is 2.25. The van der Waals surface area contributed by atoms with Crippen LogP contribution in [0.4, 0.5) is 13.2 Å². The summed E-state index contributed by atoms with van der Waals surface area (Å²) in [6.45, 7) is 1.29. The maximum atomic E-state index is 13.0. The van der Waals surface area contributed by atoms with Gasteiger partial charge in [-0.15, -0.1) is 0 Å². The smallest absolute Gasteiger partial charge is 0.387 e. The van der Waals surface area contributed by atoms with E-state index in [1.807, 2.05) is 13.8 Å². The van der Waals surface area contributed by atoms with Crippen LogP contribution in [0.2, 0.25) is 0 Å². The molecule has 3 N–H and O–H groups in total. The molecule has 0 saturated carbocycles. The number of halogens is 3. The van der Waals surface area contributed by atoms with Crippen LogP contribution in [-0.4, -0.2) is 19.1 Å². The number of hydrogen-bond acceptors (Lipinski definition) is 3. The molecule has 0 spiro atoms. The summed E-state index contributed by atoms with van der Waals surface area (Å²) in [7, 11) is 0. The first-order valence-corrected chi connectivity index (χ1v) is 8.55. The third-order valence-corrected chi connectivity index (χ3v) is 4.40. The zero-order valence-electron chi connectivity index (χ0n) is 15.3. The highest BCUT2D eigenvalue weighted by atomic mass is 19.3. The molecule has 27 heavy (non-hydrogen) atoms. The molecular formula is C20H23F3N2O2. The number of nitrogens with one attached hydrogen (secondary N) is 1. The molecule has 0 aliphatic carbocycles. The first-order valence-electron chi connectivity index (χ1n) is 8.55. The molecule has 0 aliphatic rings. The Labute approximate surface area is 156 Å². The van der Waals surface area contributed by atoms with Crippen LogP contribution in [0.1, 0.15) is 22.3 Å². The van der Waals surface area contributed by atoms with Crippen LogP contribution < -0.4 is 15.8 Å². The normalized spacial score (nSPS) is 12.2. The lowest BCUT2D eigenvalue weighted by molar-refractivity contribution is -0.121. The van der Waals surface area contributed by atoms with E-state index < -0.39 is 18.4 Å².